The zero-order chi connectivity index (χ0) is 16.2. The number of piperidine rings is 1. The number of carbonyl (C=O) groups excluding carboxylic acids is 2. The summed E-state index contributed by atoms with van der Waals surface area (Å²) in [7, 11) is 0. The molecular weight excluding hydrogens is 294 g/mol. The third kappa shape index (κ3) is 3.83. The molecule has 23 heavy (non-hydrogen) atoms. The smallest absolute Gasteiger partial charge is 0.317 e. The van der Waals surface area contributed by atoms with Gasteiger partial charge in [-0.05, 0) is 31.7 Å². The van der Waals surface area contributed by atoms with Crippen molar-refractivity contribution < 1.29 is 9.59 Å². The Kier molecular flexibility index (Phi) is 4.83. The number of primary amides is 1. The van der Waals surface area contributed by atoms with Crippen molar-refractivity contribution in [3.8, 4) is 0 Å². The number of hydrogen-bond donors (Lipinski definition) is 3. The molecule has 2 aliphatic rings. The quantitative estimate of drug-likeness (QED) is 0.790. The van der Waals surface area contributed by atoms with Crippen LogP contribution in [-0.4, -0.2) is 46.2 Å². The summed E-state index contributed by atoms with van der Waals surface area (Å²) in [5.74, 6) is -0.350. The lowest BCUT2D eigenvalue weighted by atomic mass is 9.94. The number of carbonyl (C=O) groups is 2. The van der Waals surface area contributed by atoms with Gasteiger partial charge >= 0.3 is 6.03 Å². The highest BCUT2D eigenvalue weighted by atomic mass is 16.2. The number of H-pyrrole nitrogens is 1. The van der Waals surface area contributed by atoms with Crippen LogP contribution >= 0.6 is 0 Å². The van der Waals surface area contributed by atoms with Gasteiger partial charge in [0.2, 0.25) is 0 Å². The molecule has 7 heteroatoms. The van der Waals surface area contributed by atoms with Gasteiger partial charge in [0.1, 0.15) is 5.69 Å². The molecular formula is C16H25N5O2. The van der Waals surface area contributed by atoms with Crippen molar-refractivity contribution in [1.82, 2.24) is 20.4 Å². The SMILES string of the molecule is NC(=O)c1cc([C@@H]2CCCN(C(=O)NC3CCCCC3)C2)[nH]n1. The van der Waals surface area contributed by atoms with Crippen LogP contribution in [-0.2, 0) is 0 Å². The Morgan fingerprint density at radius 2 is 2.00 bits per heavy atom. The third-order valence-corrected chi connectivity index (χ3v) is 4.93. The Morgan fingerprint density at radius 3 is 2.70 bits per heavy atom. The molecule has 3 amide bonds. The molecule has 1 aliphatic carbocycles. The molecule has 1 atom stereocenters. The molecule has 1 saturated heterocycles. The van der Waals surface area contributed by atoms with Crippen LogP contribution in [0.15, 0.2) is 6.07 Å². The number of nitrogens with two attached hydrogens (primary N) is 1. The summed E-state index contributed by atoms with van der Waals surface area (Å²) in [5, 5.41) is 10.00. The Hall–Kier alpha value is -2.05. The highest BCUT2D eigenvalue weighted by Gasteiger charge is 2.27. The van der Waals surface area contributed by atoms with Crippen LogP contribution in [0.1, 0.15) is 67.0 Å². The largest absolute Gasteiger partial charge is 0.364 e. The van der Waals surface area contributed by atoms with Crippen LogP contribution in [0.5, 0.6) is 0 Å². The van der Waals surface area contributed by atoms with Crippen LogP contribution in [0.2, 0.25) is 0 Å². The maximum atomic E-state index is 12.5. The standard InChI is InChI=1S/C16H25N5O2/c17-15(22)14-9-13(19-20-14)11-5-4-8-21(10-11)16(23)18-12-6-2-1-3-7-12/h9,11-12H,1-8,10H2,(H2,17,22)(H,18,23)(H,19,20)/t11-/m1/s1. The Morgan fingerprint density at radius 1 is 1.22 bits per heavy atom. The van der Waals surface area contributed by atoms with Gasteiger partial charge < -0.3 is 16.0 Å². The average Bonchev–Trinajstić information content (AvgIpc) is 3.06. The van der Waals surface area contributed by atoms with Gasteiger partial charge in [-0.15, -0.1) is 0 Å². The van der Waals surface area contributed by atoms with E-state index in [-0.39, 0.29) is 17.6 Å². The van der Waals surface area contributed by atoms with Crippen LogP contribution < -0.4 is 11.1 Å². The lowest BCUT2D eigenvalue weighted by Crippen LogP contribution is -2.48. The number of amides is 3. The van der Waals surface area contributed by atoms with E-state index in [1.165, 1.54) is 19.3 Å². The topological polar surface area (TPSA) is 104 Å². The van der Waals surface area contributed by atoms with Crippen LogP contribution in [0, 0.1) is 0 Å². The monoisotopic (exact) mass is 319 g/mol. The fraction of sp³-hybridized carbons (Fsp3) is 0.688. The molecule has 0 spiro atoms. The van der Waals surface area contributed by atoms with E-state index < -0.39 is 5.91 Å². The van der Waals surface area contributed by atoms with Gasteiger partial charge in [-0.3, -0.25) is 9.89 Å². The van der Waals surface area contributed by atoms with E-state index in [2.05, 4.69) is 15.5 Å². The molecule has 4 N–H and O–H groups in total. The molecule has 2 fully saturated rings. The van der Waals surface area contributed by atoms with Crippen molar-refractivity contribution in [2.45, 2.75) is 56.9 Å². The fourth-order valence-corrected chi connectivity index (χ4v) is 3.60. The summed E-state index contributed by atoms with van der Waals surface area (Å²) in [4.78, 5) is 25.5. The normalized spacial score (nSPS) is 22.8. The zero-order valence-corrected chi connectivity index (χ0v) is 13.4. The van der Waals surface area contributed by atoms with Crippen LogP contribution in [0.4, 0.5) is 4.79 Å². The molecule has 0 bridgehead atoms. The minimum atomic E-state index is -0.532. The van der Waals surface area contributed by atoms with E-state index in [0.29, 0.717) is 12.6 Å². The zero-order valence-electron chi connectivity index (χ0n) is 13.4. The summed E-state index contributed by atoms with van der Waals surface area (Å²) in [5.41, 5.74) is 6.38. The van der Waals surface area contributed by atoms with E-state index in [9.17, 15) is 9.59 Å². The van der Waals surface area contributed by atoms with Gasteiger partial charge in [0.25, 0.3) is 5.91 Å². The molecule has 1 saturated carbocycles. The van der Waals surface area contributed by atoms with Crippen LogP contribution in [0.3, 0.4) is 0 Å². The molecule has 126 valence electrons. The van der Waals surface area contributed by atoms with E-state index in [1.807, 2.05) is 4.90 Å². The number of urea groups is 1. The van der Waals surface area contributed by atoms with Crippen molar-refractivity contribution in [3.05, 3.63) is 17.5 Å². The highest BCUT2D eigenvalue weighted by Crippen LogP contribution is 2.26. The van der Waals surface area contributed by atoms with Crippen molar-refractivity contribution in [3.63, 3.8) is 0 Å². The maximum Gasteiger partial charge on any atom is 0.317 e. The molecule has 1 aromatic heterocycles. The van der Waals surface area contributed by atoms with Crippen molar-refractivity contribution in [2.24, 2.45) is 5.73 Å². The summed E-state index contributed by atoms with van der Waals surface area (Å²) in [6.45, 7) is 1.44. The Balaban J connectivity index is 1.58. The second-order valence-corrected chi connectivity index (χ2v) is 6.64. The summed E-state index contributed by atoms with van der Waals surface area (Å²) >= 11 is 0. The lowest BCUT2D eigenvalue weighted by Gasteiger charge is -2.34. The Labute approximate surface area is 136 Å². The maximum absolute atomic E-state index is 12.5. The molecule has 1 aromatic rings. The number of nitrogens with one attached hydrogen (secondary N) is 2. The van der Waals surface area contributed by atoms with Crippen molar-refractivity contribution in [2.75, 3.05) is 13.1 Å². The van der Waals surface area contributed by atoms with E-state index >= 15 is 0 Å². The first-order chi connectivity index (χ1) is 11.1. The van der Waals surface area contributed by atoms with Crippen LogP contribution in [0.25, 0.3) is 0 Å². The molecule has 7 nitrogen and oxygen atoms in total. The van der Waals surface area contributed by atoms with Crippen molar-refractivity contribution >= 4 is 11.9 Å². The first kappa shape index (κ1) is 15.8. The first-order valence-corrected chi connectivity index (χ1v) is 8.54. The minimum Gasteiger partial charge on any atom is -0.364 e. The molecule has 0 aromatic carbocycles. The molecule has 0 unspecified atom stereocenters. The minimum absolute atomic E-state index is 0.0382. The summed E-state index contributed by atoms with van der Waals surface area (Å²) < 4.78 is 0. The summed E-state index contributed by atoms with van der Waals surface area (Å²) in [6, 6.07) is 2.07. The number of aromatic amines is 1. The average molecular weight is 319 g/mol. The van der Waals surface area contributed by atoms with Gasteiger partial charge in [-0.1, -0.05) is 19.3 Å². The first-order valence-electron chi connectivity index (χ1n) is 8.54. The predicted molar refractivity (Wildman–Crippen MR) is 86.1 cm³/mol. The number of likely N-dealkylation sites (tertiary alicyclic amines) is 1. The third-order valence-electron chi connectivity index (χ3n) is 4.93. The van der Waals surface area contributed by atoms with E-state index in [4.69, 9.17) is 5.73 Å². The van der Waals surface area contributed by atoms with E-state index in [1.54, 1.807) is 6.07 Å². The lowest BCUT2D eigenvalue weighted by molar-refractivity contribution is 0.0995. The van der Waals surface area contributed by atoms with Gasteiger partial charge in [0.05, 0.1) is 0 Å². The van der Waals surface area contributed by atoms with Gasteiger partial charge in [0.15, 0.2) is 0 Å². The van der Waals surface area contributed by atoms with Gasteiger partial charge in [-0.25, -0.2) is 4.79 Å². The van der Waals surface area contributed by atoms with Gasteiger partial charge in [0, 0.05) is 30.7 Å². The fourth-order valence-electron chi connectivity index (χ4n) is 3.60. The molecule has 3 rings (SSSR count). The Bertz CT molecular complexity index is 565. The molecule has 2 heterocycles. The van der Waals surface area contributed by atoms with E-state index in [0.717, 1.165) is 37.9 Å². The summed E-state index contributed by atoms with van der Waals surface area (Å²) in [6.07, 6.45) is 7.80. The predicted octanol–water partition coefficient (Wildman–Crippen LogP) is 1.73. The van der Waals surface area contributed by atoms with Gasteiger partial charge in [-0.2, -0.15) is 5.10 Å². The number of rotatable bonds is 3. The number of aromatic nitrogens is 2. The molecule has 0 radical (unpaired) electrons. The second kappa shape index (κ2) is 7.02. The number of nitrogens with zero attached hydrogens (tertiary/aromatic N) is 2. The molecule has 1 aliphatic heterocycles. The number of hydrogen-bond acceptors (Lipinski definition) is 3. The highest BCUT2D eigenvalue weighted by molar-refractivity contribution is 5.90. The van der Waals surface area contributed by atoms with Crippen molar-refractivity contribution in [1.29, 1.82) is 0 Å². The second-order valence-electron chi connectivity index (χ2n) is 6.64.